The van der Waals surface area contributed by atoms with Crippen molar-refractivity contribution in [2.75, 3.05) is 20.0 Å². The van der Waals surface area contributed by atoms with Crippen LogP contribution in [0.15, 0.2) is 30.3 Å². The highest BCUT2D eigenvalue weighted by Crippen LogP contribution is 2.38. The standard InChI is InChI=1S/C15H13Cl2NO3/c1-20-11-7-6-8(15(21-2)13(11)17)14(19)12-9(16)4-3-5-10(12)18/h3-7H,18H2,1-2H3. The van der Waals surface area contributed by atoms with Crippen LogP contribution in [-0.2, 0) is 0 Å². The first kappa shape index (κ1) is 15.5. The number of nitrogens with two attached hydrogens (primary N) is 1. The van der Waals surface area contributed by atoms with Crippen LogP contribution < -0.4 is 15.2 Å². The van der Waals surface area contributed by atoms with Gasteiger partial charge in [0, 0.05) is 5.69 Å². The molecule has 0 bridgehead atoms. The van der Waals surface area contributed by atoms with Gasteiger partial charge in [0.05, 0.1) is 30.4 Å². The molecule has 0 aliphatic rings. The number of carbonyl (C=O) groups is 1. The molecule has 21 heavy (non-hydrogen) atoms. The zero-order valence-corrected chi connectivity index (χ0v) is 13.0. The molecule has 0 aromatic heterocycles. The first-order chi connectivity index (χ1) is 10.0. The van der Waals surface area contributed by atoms with E-state index in [0.717, 1.165) is 0 Å². The van der Waals surface area contributed by atoms with E-state index in [4.69, 9.17) is 38.4 Å². The van der Waals surface area contributed by atoms with Crippen molar-refractivity contribution in [3.63, 3.8) is 0 Å². The highest BCUT2D eigenvalue weighted by molar-refractivity contribution is 6.37. The van der Waals surface area contributed by atoms with Crippen molar-refractivity contribution in [2.24, 2.45) is 0 Å². The predicted molar refractivity (Wildman–Crippen MR) is 83.9 cm³/mol. The number of ether oxygens (including phenoxy) is 2. The molecule has 4 nitrogen and oxygen atoms in total. The molecule has 2 rings (SSSR count). The number of methoxy groups -OCH3 is 2. The third-order valence-corrected chi connectivity index (χ3v) is 3.68. The van der Waals surface area contributed by atoms with E-state index in [1.807, 2.05) is 0 Å². The summed E-state index contributed by atoms with van der Waals surface area (Å²) < 4.78 is 10.3. The van der Waals surface area contributed by atoms with Gasteiger partial charge in [-0.2, -0.15) is 0 Å². The van der Waals surface area contributed by atoms with Crippen molar-refractivity contribution in [3.8, 4) is 11.5 Å². The largest absolute Gasteiger partial charge is 0.495 e. The number of benzene rings is 2. The summed E-state index contributed by atoms with van der Waals surface area (Å²) in [7, 11) is 2.90. The maximum Gasteiger partial charge on any atom is 0.200 e. The zero-order chi connectivity index (χ0) is 15.6. The van der Waals surface area contributed by atoms with Gasteiger partial charge >= 0.3 is 0 Å². The Morgan fingerprint density at radius 1 is 1.10 bits per heavy atom. The van der Waals surface area contributed by atoms with Gasteiger partial charge in [-0.15, -0.1) is 0 Å². The zero-order valence-electron chi connectivity index (χ0n) is 11.4. The van der Waals surface area contributed by atoms with Crippen LogP contribution in [0.3, 0.4) is 0 Å². The van der Waals surface area contributed by atoms with Crippen LogP contribution in [0.2, 0.25) is 10.0 Å². The van der Waals surface area contributed by atoms with E-state index in [-0.39, 0.29) is 32.7 Å². The number of anilines is 1. The number of halogens is 2. The van der Waals surface area contributed by atoms with Gasteiger partial charge in [0.15, 0.2) is 11.5 Å². The molecule has 2 N–H and O–H groups in total. The first-order valence-electron chi connectivity index (χ1n) is 6.00. The van der Waals surface area contributed by atoms with Gasteiger partial charge in [-0.05, 0) is 24.3 Å². The summed E-state index contributed by atoms with van der Waals surface area (Å²) >= 11 is 12.2. The van der Waals surface area contributed by atoms with Crippen molar-refractivity contribution in [3.05, 3.63) is 51.5 Å². The summed E-state index contributed by atoms with van der Waals surface area (Å²) in [4.78, 5) is 12.7. The lowest BCUT2D eigenvalue weighted by molar-refractivity contribution is 0.103. The molecule has 2 aromatic carbocycles. The second kappa shape index (κ2) is 6.24. The van der Waals surface area contributed by atoms with Gasteiger partial charge in [0.1, 0.15) is 10.8 Å². The molecule has 0 amide bonds. The third kappa shape index (κ3) is 2.77. The molecule has 0 aliphatic carbocycles. The summed E-state index contributed by atoms with van der Waals surface area (Å²) in [5, 5.41) is 0.491. The molecular weight excluding hydrogens is 313 g/mol. The maximum absolute atomic E-state index is 12.7. The van der Waals surface area contributed by atoms with Crippen LogP contribution in [-0.4, -0.2) is 20.0 Å². The Bertz CT molecular complexity index is 681. The molecule has 6 heteroatoms. The Hall–Kier alpha value is -1.91. The SMILES string of the molecule is COc1ccc(C(=O)c2c(N)cccc2Cl)c(OC)c1Cl. The summed E-state index contributed by atoms with van der Waals surface area (Å²) in [5.74, 6) is 0.275. The van der Waals surface area contributed by atoms with Crippen molar-refractivity contribution < 1.29 is 14.3 Å². The van der Waals surface area contributed by atoms with Crippen LogP contribution in [0.4, 0.5) is 5.69 Å². The quantitative estimate of drug-likeness (QED) is 0.685. The van der Waals surface area contributed by atoms with E-state index in [1.165, 1.54) is 14.2 Å². The molecule has 0 unspecified atom stereocenters. The second-order valence-electron chi connectivity index (χ2n) is 4.20. The first-order valence-corrected chi connectivity index (χ1v) is 6.76. The molecule has 0 fully saturated rings. The van der Waals surface area contributed by atoms with Crippen LogP contribution in [0, 0.1) is 0 Å². The Morgan fingerprint density at radius 3 is 2.38 bits per heavy atom. The second-order valence-corrected chi connectivity index (χ2v) is 4.98. The Kier molecular flexibility index (Phi) is 4.60. The summed E-state index contributed by atoms with van der Waals surface area (Å²) in [6, 6.07) is 8.03. The fourth-order valence-electron chi connectivity index (χ4n) is 1.99. The van der Waals surface area contributed by atoms with Gasteiger partial charge < -0.3 is 15.2 Å². The number of carbonyl (C=O) groups excluding carboxylic acids is 1. The smallest absolute Gasteiger partial charge is 0.200 e. The fourth-order valence-corrected chi connectivity index (χ4v) is 2.58. The third-order valence-electron chi connectivity index (χ3n) is 3.00. The Morgan fingerprint density at radius 2 is 1.81 bits per heavy atom. The van der Waals surface area contributed by atoms with Gasteiger partial charge in [0.2, 0.25) is 0 Å². The van der Waals surface area contributed by atoms with Crippen LogP contribution >= 0.6 is 23.2 Å². The number of hydrogen-bond acceptors (Lipinski definition) is 4. The van der Waals surface area contributed by atoms with Crippen LogP contribution in [0.1, 0.15) is 15.9 Å². The lowest BCUT2D eigenvalue weighted by atomic mass is 10.0. The van der Waals surface area contributed by atoms with Crippen LogP contribution in [0.25, 0.3) is 0 Å². The van der Waals surface area contributed by atoms with E-state index < -0.39 is 0 Å². The van der Waals surface area contributed by atoms with E-state index in [9.17, 15) is 4.79 Å². The lowest BCUT2D eigenvalue weighted by Gasteiger charge is -2.13. The predicted octanol–water partition coefficient (Wildman–Crippen LogP) is 3.82. The highest BCUT2D eigenvalue weighted by atomic mass is 35.5. The molecule has 0 saturated heterocycles. The number of hydrogen-bond donors (Lipinski definition) is 1. The van der Waals surface area contributed by atoms with Crippen molar-refractivity contribution in [1.29, 1.82) is 0 Å². The van der Waals surface area contributed by atoms with E-state index in [0.29, 0.717) is 11.4 Å². The molecule has 0 radical (unpaired) electrons. The Labute approximate surface area is 132 Å². The normalized spacial score (nSPS) is 10.3. The molecule has 110 valence electrons. The van der Waals surface area contributed by atoms with Gasteiger partial charge in [0.25, 0.3) is 0 Å². The average Bonchev–Trinajstić information content (AvgIpc) is 2.46. The molecule has 2 aromatic rings. The van der Waals surface area contributed by atoms with Crippen molar-refractivity contribution in [2.45, 2.75) is 0 Å². The minimum atomic E-state index is -0.362. The molecule has 0 atom stereocenters. The number of rotatable bonds is 4. The van der Waals surface area contributed by atoms with Gasteiger partial charge in [-0.3, -0.25) is 4.79 Å². The summed E-state index contributed by atoms with van der Waals surface area (Å²) in [6.45, 7) is 0. The van der Waals surface area contributed by atoms with Crippen molar-refractivity contribution in [1.82, 2.24) is 0 Å². The molecule has 0 saturated carbocycles. The minimum absolute atomic E-state index is 0.219. The number of nitrogen functional groups attached to an aromatic ring is 1. The topological polar surface area (TPSA) is 61.5 Å². The summed E-state index contributed by atoms with van der Waals surface area (Å²) in [6.07, 6.45) is 0. The lowest BCUT2D eigenvalue weighted by Crippen LogP contribution is -2.08. The van der Waals surface area contributed by atoms with E-state index in [2.05, 4.69) is 0 Å². The Balaban J connectivity index is 2.62. The molecule has 0 spiro atoms. The van der Waals surface area contributed by atoms with Crippen molar-refractivity contribution >= 4 is 34.7 Å². The maximum atomic E-state index is 12.7. The van der Waals surface area contributed by atoms with E-state index >= 15 is 0 Å². The number of ketones is 1. The molecular formula is C15H13Cl2NO3. The average molecular weight is 326 g/mol. The highest BCUT2D eigenvalue weighted by Gasteiger charge is 2.23. The molecule has 0 aliphatic heterocycles. The monoisotopic (exact) mass is 325 g/mol. The van der Waals surface area contributed by atoms with E-state index in [1.54, 1.807) is 30.3 Å². The van der Waals surface area contributed by atoms with Crippen LogP contribution in [0.5, 0.6) is 11.5 Å². The summed E-state index contributed by atoms with van der Waals surface area (Å²) in [5.41, 5.74) is 6.62. The van der Waals surface area contributed by atoms with Gasteiger partial charge in [-0.25, -0.2) is 0 Å². The molecule has 0 heterocycles. The fraction of sp³-hybridized carbons (Fsp3) is 0.133. The van der Waals surface area contributed by atoms with Gasteiger partial charge in [-0.1, -0.05) is 29.3 Å². The minimum Gasteiger partial charge on any atom is -0.495 e.